The third-order valence-electron chi connectivity index (χ3n) is 2.31. The summed E-state index contributed by atoms with van der Waals surface area (Å²) in [5, 5.41) is 5.09. The SMILES string of the molecule is CC(C)(C)/C=C(\Oc1ccc(Cl)cc1Cl)n1cncn1. The van der Waals surface area contributed by atoms with E-state index in [0.717, 1.165) is 0 Å². The highest BCUT2D eigenvalue weighted by atomic mass is 35.5. The second kappa shape index (κ2) is 5.85. The van der Waals surface area contributed by atoms with Gasteiger partial charge in [-0.3, -0.25) is 0 Å². The zero-order valence-electron chi connectivity index (χ0n) is 11.5. The lowest BCUT2D eigenvalue weighted by molar-refractivity contribution is 0.443. The van der Waals surface area contributed by atoms with Gasteiger partial charge in [0, 0.05) is 5.02 Å². The normalized spacial score (nSPS) is 12.6. The van der Waals surface area contributed by atoms with Gasteiger partial charge in [0.25, 0.3) is 0 Å². The Balaban J connectivity index is 2.36. The van der Waals surface area contributed by atoms with Crippen LogP contribution in [0.4, 0.5) is 0 Å². The molecule has 0 fully saturated rings. The predicted octanol–water partition coefficient (Wildman–Crippen LogP) is 4.51. The first-order chi connectivity index (χ1) is 9.35. The fraction of sp³-hybridized carbons (Fsp3) is 0.286. The lowest BCUT2D eigenvalue weighted by Gasteiger charge is -2.17. The van der Waals surface area contributed by atoms with E-state index in [-0.39, 0.29) is 5.41 Å². The summed E-state index contributed by atoms with van der Waals surface area (Å²) in [6, 6.07) is 5.07. The highest BCUT2D eigenvalue weighted by Gasteiger charge is 2.14. The molecule has 0 saturated heterocycles. The Labute approximate surface area is 128 Å². The van der Waals surface area contributed by atoms with Gasteiger partial charge in [-0.15, -0.1) is 0 Å². The van der Waals surface area contributed by atoms with Gasteiger partial charge in [0.2, 0.25) is 5.88 Å². The second-order valence-corrected chi connectivity index (χ2v) is 6.21. The highest BCUT2D eigenvalue weighted by molar-refractivity contribution is 6.35. The van der Waals surface area contributed by atoms with E-state index >= 15 is 0 Å². The van der Waals surface area contributed by atoms with E-state index in [2.05, 4.69) is 30.9 Å². The Morgan fingerprint density at radius 3 is 2.60 bits per heavy atom. The lowest BCUT2D eigenvalue weighted by Crippen LogP contribution is -2.10. The van der Waals surface area contributed by atoms with Crippen molar-refractivity contribution in [3.8, 4) is 5.75 Å². The van der Waals surface area contributed by atoms with Crippen LogP contribution < -0.4 is 4.74 Å². The number of allylic oxidation sites excluding steroid dienone is 1. The molecule has 106 valence electrons. The van der Waals surface area contributed by atoms with Gasteiger partial charge >= 0.3 is 0 Å². The van der Waals surface area contributed by atoms with E-state index in [9.17, 15) is 0 Å². The standard InChI is InChI=1S/C14H15Cl2N3O/c1-14(2,3)7-13(19-9-17-8-18-19)20-12-5-4-10(15)6-11(12)16/h4-9H,1-3H3/b13-7-. The van der Waals surface area contributed by atoms with Crippen molar-refractivity contribution in [3.05, 3.63) is 47.0 Å². The molecule has 2 rings (SSSR count). The van der Waals surface area contributed by atoms with Gasteiger partial charge in [0.15, 0.2) is 0 Å². The molecule has 0 unspecified atom stereocenters. The first-order valence-corrected chi connectivity index (χ1v) is 6.81. The Bertz CT molecular complexity index is 616. The minimum atomic E-state index is -0.0831. The maximum atomic E-state index is 6.12. The maximum Gasteiger partial charge on any atom is 0.218 e. The number of benzene rings is 1. The monoisotopic (exact) mass is 311 g/mol. The summed E-state index contributed by atoms with van der Waals surface area (Å²) in [5.41, 5.74) is -0.0831. The Hall–Kier alpha value is -1.52. The molecule has 1 aromatic heterocycles. The quantitative estimate of drug-likeness (QED) is 0.783. The van der Waals surface area contributed by atoms with Crippen molar-refractivity contribution in [1.29, 1.82) is 0 Å². The van der Waals surface area contributed by atoms with Crippen LogP contribution in [-0.2, 0) is 0 Å². The van der Waals surface area contributed by atoms with Crippen LogP contribution in [0.2, 0.25) is 10.0 Å². The maximum absolute atomic E-state index is 6.12. The molecule has 0 aliphatic rings. The Kier molecular flexibility index (Phi) is 4.35. The zero-order valence-corrected chi connectivity index (χ0v) is 13.0. The third kappa shape index (κ3) is 3.99. The van der Waals surface area contributed by atoms with Crippen molar-refractivity contribution in [3.63, 3.8) is 0 Å². The zero-order chi connectivity index (χ0) is 14.8. The van der Waals surface area contributed by atoms with E-state index in [1.807, 2.05) is 6.08 Å². The summed E-state index contributed by atoms with van der Waals surface area (Å²) in [6.45, 7) is 6.20. The molecule has 1 heterocycles. The number of hydrogen-bond acceptors (Lipinski definition) is 3. The summed E-state index contributed by atoms with van der Waals surface area (Å²) in [7, 11) is 0. The average molecular weight is 312 g/mol. The number of rotatable bonds is 3. The van der Waals surface area contributed by atoms with Crippen LogP contribution in [0.3, 0.4) is 0 Å². The van der Waals surface area contributed by atoms with E-state index in [1.54, 1.807) is 29.2 Å². The van der Waals surface area contributed by atoms with Crippen LogP contribution >= 0.6 is 23.2 Å². The molecule has 6 heteroatoms. The molecular weight excluding hydrogens is 297 g/mol. The topological polar surface area (TPSA) is 39.9 Å². The first kappa shape index (κ1) is 14.9. The Morgan fingerprint density at radius 2 is 2.05 bits per heavy atom. The minimum absolute atomic E-state index is 0.0831. The van der Waals surface area contributed by atoms with Crippen LogP contribution in [0, 0.1) is 5.41 Å². The summed E-state index contributed by atoms with van der Waals surface area (Å²) in [6.07, 6.45) is 4.97. The Morgan fingerprint density at radius 1 is 1.30 bits per heavy atom. The van der Waals surface area contributed by atoms with Gasteiger partial charge in [-0.1, -0.05) is 44.0 Å². The second-order valence-electron chi connectivity index (χ2n) is 5.37. The number of ether oxygens (including phenoxy) is 1. The van der Waals surface area contributed by atoms with Crippen LogP contribution in [0.5, 0.6) is 5.75 Å². The molecule has 0 radical (unpaired) electrons. The highest BCUT2D eigenvalue weighted by Crippen LogP contribution is 2.30. The molecule has 0 aliphatic carbocycles. The largest absolute Gasteiger partial charge is 0.438 e. The molecule has 0 spiro atoms. The molecule has 1 aromatic carbocycles. The van der Waals surface area contributed by atoms with Crippen molar-refractivity contribution in [1.82, 2.24) is 14.8 Å². The molecule has 2 aromatic rings. The number of nitrogens with zero attached hydrogens (tertiary/aromatic N) is 3. The van der Waals surface area contributed by atoms with E-state index in [0.29, 0.717) is 21.7 Å². The molecule has 4 nitrogen and oxygen atoms in total. The number of hydrogen-bond donors (Lipinski definition) is 0. The summed E-state index contributed by atoms with van der Waals surface area (Å²) >= 11 is 12.0. The molecule has 0 bridgehead atoms. The van der Waals surface area contributed by atoms with Crippen molar-refractivity contribution >= 4 is 29.1 Å². The lowest BCUT2D eigenvalue weighted by atomic mass is 9.97. The average Bonchev–Trinajstić information content (AvgIpc) is 2.83. The summed E-state index contributed by atoms with van der Waals surface area (Å²) in [4.78, 5) is 3.93. The van der Waals surface area contributed by atoms with Gasteiger partial charge in [-0.25, -0.2) is 4.98 Å². The molecule has 0 atom stereocenters. The van der Waals surface area contributed by atoms with Crippen molar-refractivity contribution in [2.75, 3.05) is 0 Å². The molecule has 0 saturated carbocycles. The molecule has 0 aliphatic heterocycles. The van der Waals surface area contributed by atoms with Crippen molar-refractivity contribution in [2.24, 2.45) is 5.41 Å². The van der Waals surface area contributed by atoms with Gasteiger partial charge in [-0.2, -0.15) is 9.78 Å². The van der Waals surface area contributed by atoms with Gasteiger partial charge in [-0.05, 0) is 29.7 Å². The smallest absolute Gasteiger partial charge is 0.218 e. The number of halogens is 2. The van der Waals surface area contributed by atoms with Crippen LogP contribution in [0.1, 0.15) is 20.8 Å². The van der Waals surface area contributed by atoms with E-state index in [1.165, 1.54) is 6.33 Å². The van der Waals surface area contributed by atoms with Crippen molar-refractivity contribution in [2.45, 2.75) is 20.8 Å². The minimum Gasteiger partial charge on any atom is -0.438 e. The van der Waals surface area contributed by atoms with Crippen LogP contribution in [0.15, 0.2) is 36.9 Å². The van der Waals surface area contributed by atoms with Crippen molar-refractivity contribution < 1.29 is 4.74 Å². The molecule has 20 heavy (non-hydrogen) atoms. The van der Waals surface area contributed by atoms with Crippen LogP contribution in [-0.4, -0.2) is 14.8 Å². The number of aromatic nitrogens is 3. The molecule has 0 amide bonds. The summed E-state index contributed by atoms with van der Waals surface area (Å²) < 4.78 is 7.40. The third-order valence-corrected chi connectivity index (χ3v) is 2.84. The van der Waals surface area contributed by atoms with Gasteiger partial charge in [0.1, 0.15) is 18.4 Å². The van der Waals surface area contributed by atoms with E-state index < -0.39 is 0 Å². The fourth-order valence-corrected chi connectivity index (χ4v) is 1.95. The van der Waals surface area contributed by atoms with Gasteiger partial charge in [0.05, 0.1) is 5.02 Å². The fourth-order valence-electron chi connectivity index (χ4n) is 1.51. The van der Waals surface area contributed by atoms with Gasteiger partial charge < -0.3 is 4.74 Å². The predicted molar refractivity (Wildman–Crippen MR) is 80.8 cm³/mol. The first-order valence-electron chi connectivity index (χ1n) is 6.06. The molecule has 0 N–H and O–H groups in total. The molecular formula is C14H15Cl2N3O. The summed E-state index contributed by atoms with van der Waals surface area (Å²) in [5.74, 6) is 1.06. The van der Waals surface area contributed by atoms with E-state index in [4.69, 9.17) is 27.9 Å². The van der Waals surface area contributed by atoms with Crippen LogP contribution in [0.25, 0.3) is 5.88 Å².